The van der Waals surface area contributed by atoms with E-state index < -0.39 is 0 Å². The molecule has 17 heavy (non-hydrogen) atoms. The normalized spacial score (nSPS) is 43.4. The third-order valence-electron chi connectivity index (χ3n) is 5.20. The van der Waals surface area contributed by atoms with Crippen LogP contribution >= 0.6 is 0 Å². The lowest BCUT2D eigenvalue weighted by atomic mass is 9.78. The second kappa shape index (κ2) is 4.89. The standard InChI is InChI=1S/C15H28N2/c1-11-5-15(6-11)17-9-13(7-12-3-4-12)8-14(10-17)16-2/h11-16H,3-10H2,1-2H3. The second-order valence-electron chi connectivity index (χ2n) is 6.95. The van der Waals surface area contributed by atoms with Gasteiger partial charge in [0, 0.05) is 25.2 Å². The summed E-state index contributed by atoms with van der Waals surface area (Å²) in [6.45, 7) is 5.10. The van der Waals surface area contributed by atoms with Crippen LogP contribution in [-0.2, 0) is 0 Å². The van der Waals surface area contributed by atoms with E-state index in [-0.39, 0.29) is 0 Å². The number of nitrogens with zero attached hydrogens (tertiary/aromatic N) is 1. The van der Waals surface area contributed by atoms with Crippen molar-refractivity contribution in [1.82, 2.24) is 10.2 Å². The molecule has 0 spiro atoms. The molecule has 2 aliphatic carbocycles. The fourth-order valence-corrected chi connectivity index (χ4v) is 3.90. The van der Waals surface area contributed by atoms with Gasteiger partial charge in [-0.1, -0.05) is 19.8 Å². The number of hydrogen-bond donors (Lipinski definition) is 1. The molecule has 2 heteroatoms. The van der Waals surface area contributed by atoms with Crippen LogP contribution in [0.3, 0.4) is 0 Å². The molecule has 2 atom stereocenters. The van der Waals surface area contributed by atoms with E-state index in [1.165, 1.54) is 51.6 Å². The maximum absolute atomic E-state index is 3.53. The first-order valence-electron chi connectivity index (χ1n) is 7.66. The summed E-state index contributed by atoms with van der Waals surface area (Å²) >= 11 is 0. The van der Waals surface area contributed by atoms with Crippen molar-refractivity contribution in [3.8, 4) is 0 Å². The van der Waals surface area contributed by atoms with Gasteiger partial charge in [-0.05, 0) is 50.5 Å². The Morgan fingerprint density at radius 1 is 1.06 bits per heavy atom. The highest BCUT2D eigenvalue weighted by Crippen LogP contribution is 2.39. The Bertz CT molecular complexity index is 256. The summed E-state index contributed by atoms with van der Waals surface area (Å²) in [4.78, 5) is 2.80. The largest absolute Gasteiger partial charge is 0.316 e. The Hall–Kier alpha value is -0.0800. The third-order valence-corrected chi connectivity index (χ3v) is 5.20. The van der Waals surface area contributed by atoms with Gasteiger partial charge >= 0.3 is 0 Å². The van der Waals surface area contributed by atoms with Crippen LogP contribution in [0.1, 0.15) is 45.4 Å². The minimum atomic E-state index is 0.753. The van der Waals surface area contributed by atoms with E-state index in [1.807, 2.05) is 0 Å². The Morgan fingerprint density at radius 3 is 2.41 bits per heavy atom. The van der Waals surface area contributed by atoms with Gasteiger partial charge in [-0.25, -0.2) is 0 Å². The maximum atomic E-state index is 3.53. The van der Waals surface area contributed by atoms with Gasteiger partial charge in [0.05, 0.1) is 0 Å². The van der Waals surface area contributed by atoms with E-state index in [0.717, 1.165) is 29.8 Å². The Labute approximate surface area is 106 Å². The first-order chi connectivity index (χ1) is 8.24. The summed E-state index contributed by atoms with van der Waals surface area (Å²) in [5, 5.41) is 3.53. The quantitative estimate of drug-likeness (QED) is 0.807. The average molecular weight is 236 g/mol. The molecule has 2 saturated carbocycles. The summed E-state index contributed by atoms with van der Waals surface area (Å²) in [5.41, 5.74) is 0. The predicted molar refractivity (Wildman–Crippen MR) is 72.1 cm³/mol. The second-order valence-corrected chi connectivity index (χ2v) is 6.95. The van der Waals surface area contributed by atoms with Crippen LogP contribution < -0.4 is 5.32 Å². The van der Waals surface area contributed by atoms with Crippen LogP contribution in [0.25, 0.3) is 0 Å². The van der Waals surface area contributed by atoms with Crippen LogP contribution in [0.5, 0.6) is 0 Å². The van der Waals surface area contributed by atoms with Crippen LogP contribution in [0.15, 0.2) is 0 Å². The number of likely N-dealkylation sites (tertiary alicyclic amines) is 1. The first kappa shape index (κ1) is 12.0. The van der Waals surface area contributed by atoms with Gasteiger partial charge in [-0.15, -0.1) is 0 Å². The Balaban J connectivity index is 1.55. The van der Waals surface area contributed by atoms with Crippen LogP contribution in [0, 0.1) is 17.8 Å². The lowest BCUT2D eigenvalue weighted by molar-refractivity contribution is 0.0321. The lowest BCUT2D eigenvalue weighted by Crippen LogP contribution is -2.55. The van der Waals surface area contributed by atoms with E-state index in [0.29, 0.717) is 0 Å². The van der Waals surface area contributed by atoms with E-state index in [1.54, 1.807) is 0 Å². The monoisotopic (exact) mass is 236 g/mol. The molecular formula is C15H28N2. The number of piperidine rings is 1. The zero-order valence-electron chi connectivity index (χ0n) is 11.5. The molecule has 0 aromatic heterocycles. The van der Waals surface area contributed by atoms with Gasteiger partial charge < -0.3 is 5.32 Å². The molecule has 1 N–H and O–H groups in total. The molecule has 1 heterocycles. The van der Waals surface area contributed by atoms with E-state index >= 15 is 0 Å². The van der Waals surface area contributed by atoms with Gasteiger partial charge in [0.25, 0.3) is 0 Å². The zero-order chi connectivity index (χ0) is 11.8. The molecule has 98 valence electrons. The predicted octanol–water partition coefficient (Wildman–Crippen LogP) is 2.49. The van der Waals surface area contributed by atoms with Crippen molar-refractivity contribution < 1.29 is 0 Å². The molecule has 2 nitrogen and oxygen atoms in total. The molecule has 3 aliphatic rings. The summed E-state index contributed by atoms with van der Waals surface area (Å²) < 4.78 is 0. The molecular weight excluding hydrogens is 208 g/mol. The van der Waals surface area contributed by atoms with Crippen molar-refractivity contribution >= 4 is 0 Å². The van der Waals surface area contributed by atoms with E-state index in [2.05, 4.69) is 24.2 Å². The van der Waals surface area contributed by atoms with Gasteiger partial charge in [0.2, 0.25) is 0 Å². The van der Waals surface area contributed by atoms with Crippen molar-refractivity contribution in [3.63, 3.8) is 0 Å². The van der Waals surface area contributed by atoms with E-state index in [9.17, 15) is 0 Å². The van der Waals surface area contributed by atoms with Crippen molar-refractivity contribution in [2.24, 2.45) is 17.8 Å². The first-order valence-corrected chi connectivity index (χ1v) is 7.66. The SMILES string of the molecule is CNC1CC(CC2CC2)CN(C2CC(C)C2)C1. The van der Waals surface area contributed by atoms with Gasteiger partial charge in [-0.2, -0.15) is 0 Å². The van der Waals surface area contributed by atoms with Crippen molar-refractivity contribution in [3.05, 3.63) is 0 Å². The van der Waals surface area contributed by atoms with Gasteiger partial charge in [-0.3, -0.25) is 4.90 Å². The van der Waals surface area contributed by atoms with Crippen LogP contribution in [0.4, 0.5) is 0 Å². The molecule has 1 saturated heterocycles. The Morgan fingerprint density at radius 2 is 1.82 bits per heavy atom. The molecule has 3 rings (SSSR count). The summed E-state index contributed by atoms with van der Waals surface area (Å²) in [7, 11) is 2.14. The topological polar surface area (TPSA) is 15.3 Å². The Kier molecular flexibility index (Phi) is 3.45. The average Bonchev–Trinajstić information content (AvgIpc) is 3.08. The number of rotatable bonds is 4. The molecule has 3 fully saturated rings. The van der Waals surface area contributed by atoms with E-state index in [4.69, 9.17) is 0 Å². The third kappa shape index (κ3) is 2.85. The number of nitrogens with one attached hydrogen (secondary N) is 1. The van der Waals surface area contributed by atoms with Crippen molar-refractivity contribution in [2.45, 2.75) is 57.5 Å². The lowest BCUT2D eigenvalue weighted by Gasteiger charge is -2.47. The highest BCUT2D eigenvalue weighted by atomic mass is 15.2. The number of likely N-dealkylation sites (N-methyl/N-ethyl adjacent to an activating group) is 1. The summed E-state index contributed by atoms with van der Waals surface area (Å²) in [6.07, 6.45) is 8.87. The molecule has 0 aromatic carbocycles. The smallest absolute Gasteiger partial charge is 0.0195 e. The molecule has 0 amide bonds. The van der Waals surface area contributed by atoms with Crippen molar-refractivity contribution in [1.29, 1.82) is 0 Å². The molecule has 0 bridgehead atoms. The zero-order valence-corrected chi connectivity index (χ0v) is 11.5. The molecule has 1 aliphatic heterocycles. The highest BCUT2D eigenvalue weighted by molar-refractivity contribution is 4.93. The van der Waals surface area contributed by atoms with Crippen LogP contribution in [-0.4, -0.2) is 37.1 Å². The highest BCUT2D eigenvalue weighted by Gasteiger charge is 2.37. The molecule has 0 radical (unpaired) electrons. The fraction of sp³-hybridized carbons (Fsp3) is 1.00. The van der Waals surface area contributed by atoms with Gasteiger partial charge in [0.15, 0.2) is 0 Å². The van der Waals surface area contributed by atoms with Gasteiger partial charge in [0.1, 0.15) is 0 Å². The summed E-state index contributed by atoms with van der Waals surface area (Å²) in [6, 6.07) is 1.67. The fourth-order valence-electron chi connectivity index (χ4n) is 3.90. The minimum Gasteiger partial charge on any atom is -0.316 e. The number of hydrogen-bond acceptors (Lipinski definition) is 2. The van der Waals surface area contributed by atoms with Crippen molar-refractivity contribution in [2.75, 3.05) is 20.1 Å². The van der Waals surface area contributed by atoms with Crippen LogP contribution in [0.2, 0.25) is 0 Å². The molecule has 2 unspecified atom stereocenters. The summed E-state index contributed by atoms with van der Waals surface area (Å²) in [5.74, 6) is 3.05. The minimum absolute atomic E-state index is 0.753. The maximum Gasteiger partial charge on any atom is 0.0195 e. The molecule has 0 aromatic rings.